The first-order chi connectivity index (χ1) is 13.5. The molecule has 3 N–H and O–H groups in total. The summed E-state index contributed by atoms with van der Waals surface area (Å²) in [7, 11) is 1.23. The number of carbonyl (C=O) groups excluding carboxylic acids is 3. The number of nitrogens with one attached hydrogen (secondary N) is 2. The largest absolute Gasteiger partial charge is 0.466 e. The number of esters is 1. The second kappa shape index (κ2) is 6.89. The van der Waals surface area contributed by atoms with E-state index in [2.05, 4.69) is 10.6 Å². The van der Waals surface area contributed by atoms with Crippen LogP contribution >= 0.6 is 0 Å². The van der Waals surface area contributed by atoms with Crippen LogP contribution in [-0.2, 0) is 34.4 Å². The standard InChI is InChI=1S/C18H19N3O7/c1-26-16(24)11-9-21(4-5-22)15(23)14(11)19-10-2-3-13-12(8-10)18(17(25)20-13)27-6-7-28-18/h2-3,8,19,22H,4-7,9H2,1H3,(H,20,25). The Bertz CT molecular complexity index is 889. The molecule has 10 nitrogen and oxygen atoms in total. The Morgan fingerprint density at radius 3 is 2.79 bits per heavy atom. The molecule has 1 spiro atoms. The lowest BCUT2D eigenvalue weighted by Crippen LogP contribution is -2.35. The minimum Gasteiger partial charge on any atom is -0.466 e. The third-order valence-electron chi connectivity index (χ3n) is 4.84. The summed E-state index contributed by atoms with van der Waals surface area (Å²) in [4.78, 5) is 38.4. The van der Waals surface area contributed by atoms with Crippen LogP contribution < -0.4 is 10.6 Å². The highest BCUT2D eigenvalue weighted by molar-refractivity contribution is 6.09. The molecule has 1 aromatic carbocycles. The molecule has 2 amide bonds. The van der Waals surface area contributed by atoms with Gasteiger partial charge in [0.15, 0.2) is 0 Å². The third-order valence-corrected chi connectivity index (χ3v) is 4.84. The molecule has 148 valence electrons. The third kappa shape index (κ3) is 2.73. The molecule has 0 unspecified atom stereocenters. The number of ether oxygens (including phenoxy) is 3. The lowest BCUT2D eigenvalue weighted by atomic mass is 10.1. The predicted octanol–water partition coefficient (Wildman–Crippen LogP) is -0.488. The van der Waals surface area contributed by atoms with E-state index in [0.29, 0.717) is 16.9 Å². The molecule has 3 aliphatic rings. The van der Waals surface area contributed by atoms with E-state index in [1.165, 1.54) is 12.0 Å². The molecular weight excluding hydrogens is 370 g/mol. The van der Waals surface area contributed by atoms with E-state index in [1.54, 1.807) is 18.2 Å². The van der Waals surface area contributed by atoms with Gasteiger partial charge in [-0.2, -0.15) is 0 Å². The highest BCUT2D eigenvalue weighted by Gasteiger charge is 2.52. The lowest BCUT2D eigenvalue weighted by Gasteiger charge is -2.20. The Balaban J connectivity index is 1.67. The number of hydrogen-bond donors (Lipinski definition) is 3. The van der Waals surface area contributed by atoms with Crippen molar-refractivity contribution in [1.29, 1.82) is 0 Å². The number of anilines is 2. The van der Waals surface area contributed by atoms with Gasteiger partial charge in [-0.25, -0.2) is 4.79 Å². The molecule has 0 radical (unpaired) electrons. The predicted molar refractivity (Wildman–Crippen MR) is 95.0 cm³/mol. The molecule has 1 fully saturated rings. The van der Waals surface area contributed by atoms with Gasteiger partial charge in [0.25, 0.3) is 17.6 Å². The number of fused-ring (bicyclic) bond motifs is 2. The van der Waals surface area contributed by atoms with Gasteiger partial charge >= 0.3 is 5.97 Å². The van der Waals surface area contributed by atoms with E-state index in [1.807, 2.05) is 0 Å². The Kier molecular flexibility index (Phi) is 4.53. The molecule has 0 aliphatic carbocycles. The number of hydrogen-bond acceptors (Lipinski definition) is 8. The van der Waals surface area contributed by atoms with Crippen molar-refractivity contribution in [3.8, 4) is 0 Å². The first kappa shape index (κ1) is 18.4. The zero-order chi connectivity index (χ0) is 19.9. The van der Waals surface area contributed by atoms with Gasteiger partial charge in [0, 0.05) is 17.8 Å². The summed E-state index contributed by atoms with van der Waals surface area (Å²) >= 11 is 0. The van der Waals surface area contributed by atoms with Crippen LogP contribution in [0, 0.1) is 0 Å². The first-order valence-corrected chi connectivity index (χ1v) is 8.72. The average molecular weight is 389 g/mol. The second-order valence-electron chi connectivity index (χ2n) is 6.45. The first-order valence-electron chi connectivity index (χ1n) is 8.72. The van der Waals surface area contributed by atoms with Gasteiger partial charge in [-0.3, -0.25) is 9.59 Å². The normalized spacial score (nSPS) is 20.0. The summed E-state index contributed by atoms with van der Waals surface area (Å²) < 4.78 is 15.9. The van der Waals surface area contributed by atoms with Crippen LogP contribution in [0.4, 0.5) is 11.4 Å². The number of carbonyl (C=O) groups is 3. The van der Waals surface area contributed by atoms with E-state index in [9.17, 15) is 14.4 Å². The number of aliphatic hydroxyl groups is 1. The van der Waals surface area contributed by atoms with Crippen molar-refractivity contribution in [3.05, 3.63) is 35.0 Å². The number of aliphatic hydroxyl groups excluding tert-OH is 1. The van der Waals surface area contributed by atoms with Crippen molar-refractivity contribution in [2.45, 2.75) is 5.79 Å². The molecule has 1 saturated heterocycles. The molecule has 0 saturated carbocycles. The van der Waals surface area contributed by atoms with E-state index in [0.717, 1.165) is 0 Å². The van der Waals surface area contributed by atoms with Crippen LogP contribution in [0.2, 0.25) is 0 Å². The summed E-state index contributed by atoms with van der Waals surface area (Å²) in [6, 6.07) is 4.97. The molecule has 1 aromatic rings. The van der Waals surface area contributed by atoms with Crippen LogP contribution in [0.25, 0.3) is 0 Å². The molecule has 10 heteroatoms. The Morgan fingerprint density at radius 1 is 1.36 bits per heavy atom. The molecular formula is C18H19N3O7. The van der Waals surface area contributed by atoms with E-state index >= 15 is 0 Å². The quantitative estimate of drug-likeness (QED) is 0.576. The fraction of sp³-hybridized carbons (Fsp3) is 0.389. The summed E-state index contributed by atoms with van der Waals surface area (Å²) in [5.41, 5.74) is 1.76. The van der Waals surface area contributed by atoms with Crippen molar-refractivity contribution in [2.24, 2.45) is 0 Å². The maximum atomic E-state index is 12.6. The number of methoxy groups -OCH3 is 1. The van der Waals surface area contributed by atoms with Crippen molar-refractivity contribution in [1.82, 2.24) is 4.90 Å². The Morgan fingerprint density at radius 2 is 2.11 bits per heavy atom. The highest BCUT2D eigenvalue weighted by atomic mass is 16.7. The maximum absolute atomic E-state index is 12.6. The van der Waals surface area contributed by atoms with Crippen LogP contribution in [0.1, 0.15) is 5.56 Å². The van der Waals surface area contributed by atoms with Gasteiger partial charge in [0.05, 0.1) is 44.7 Å². The summed E-state index contributed by atoms with van der Waals surface area (Å²) in [5, 5.41) is 14.8. The summed E-state index contributed by atoms with van der Waals surface area (Å²) in [6.07, 6.45) is 0. The number of nitrogens with zero attached hydrogens (tertiary/aromatic N) is 1. The van der Waals surface area contributed by atoms with E-state index < -0.39 is 23.6 Å². The molecule has 0 atom stereocenters. The molecule has 0 aromatic heterocycles. The van der Waals surface area contributed by atoms with Gasteiger partial charge in [0.1, 0.15) is 5.70 Å². The van der Waals surface area contributed by atoms with Gasteiger partial charge < -0.3 is 34.9 Å². The Labute approximate surface area is 160 Å². The van der Waals surface area contributed by atoms with Crippen molar-refractivity contribution >= 4 is 29.2 Å². The fourth-order valence-electron chi connectivity index (χ4n) is 3.52. The van der Waals surface area contributed by atoms with Gasteiger partial charge in [-0.05, 0) is 18.2 Å². The van der Waals surface area contributed by atoms with Gasteiger partial charge in [0.2, 0.25) is 0 Å². The monoisotopic (exact) mass is 389 g/mol. The summed E-state index contributed by atoms with van der Waals surface area (Å²) in [6.45, 7) is 0.484. The van der Waals surface area contributed by atoms with Crippen molar-refractivity contribution < 1.29 is 33.7 Å². The van der Waals surface area contributed by atoms with E-state index in [-0.39, 0.29) is 44.2 Å². The zero-order valence-electron chi connectivity index (χ0n) is 15.1. The zero-order valence-corrected chi connectivity index (χ0v) is 15.1. The van der Waals surface area contributed by atoms with Crippen molar-refractivity contribution in [3.63, 3.8) is 0 Å². The smallest absolute Gasteiger partial charge is 0.337 e. The lowest BCUT2D eigenvalue weighted by molar-refractivity contribution is -0.178. The fourth-order valence-corrected chi connectivity index (χ4v) is 3.52. The highest BCUT2D eigenvalue weighted by Crippen LogP contribution is 2.43. The number of β-amino-alcohol motifs (C(OH)–C–C–N with tert-alkyl or cyclic N) is 1. The molecule has 3 heterocycles. The van der Waals surface area contributed by atoms with Crippen LogP contribution in [0.5, 0.6) is 0 Å². The van der Waals surface area contributed by atoms with Crippen molar-refractivity contribution in [2.75, 3.05) is 50.7 Å². The maximum Gasteiger partial charge on any atom is 0.337 e. The molecule has 28 heavy (non-hydrogen) atoms. The topological polar surface area (TPSA) is 126 Å². The van der Waals surface area contributed by atoms with Crippen LogP contribution in [0.15, 0.2) is 29.5 Å². The van der Waals surface area contributed by atoms with Gasteiger partial charge in [-0.15, -0.1) is 0 Å². The molecule has 0 bridgehead atoms. The SMILES string of the molecule is COC(=O)C1=C(Nc2ccc3c(c2)C2(OCCO2)C(=O)N3)C(=O)N(CCO)C1. The molecule has 4 rings (SSSR count). The number of benzene rings is 1. The average Bonchev–Trinajstić information content (AvgIpc) is 3.37. The minimum atomic E-state index is -1.49. The minimum absolute atomic E-state index is 0.0372. The number of amides is 2. The van der Waals surface area contributed by atoms with E-state index in [4.69, 9.17) is 19.3 Å². The Hall–Kier alpha value is -2.95. The van der Waals surface area contributed by atoms with Crippen LogP contribution in [0.3, 0.4) is 0 Å². The second-order valence-corrected chi connectivity index (χ2v) is 6.45. The van der Waals surface area contributed by atoms with Crippen LogP contribution in [-0.4, -0.2) is 67.8 Å². The van der Waals surface area contributed by atoms with Gasteiger partial charge in [-0.1, -0.05) is 0 Å². The molecule has 3 aliphatic heterocycles. The summed E-state index contributed by atoms with van der Waals surface area (Å²) in [5.74, 6) is -2.95. The number of rotatable bonds is 5.